The van der Waals surface area contributed by atoms with E-state index in [-0.39, 0.29) is 12.1 Å². The Kier molecular flexibility index (Phi) is 5.95. The number of hydrogen-bond acceptors (Lipinski definition) is 4. The maximum absolute atomic E-state index is 6.08. The van der Waals surface area contributed by atoms with E-state index >= 15 is 0 Å². The van der Waals surface area contributed by atoms with Gasteiger partial charge in [0.2, 0.25) is 0 Å². The number of halogens is 1. The average Bonchev–Trinajstić information content (AvgIpc) is 3.39. The van der Waals surface area contributed by atoms with E-state index in [4.69, 9.17) is 17.0 Å². The van der Waals surface area contributed by atoms with Gasteiger partial charge in [0.15, 0.2) is 5.11 Å². The van der Waals surface area contributed by atoms with Gasteiger partial charge in [-0.1, -0.05) is 24.3 Å². The standard InChI is InChI=1S/C25H20BrN3OS2/c1-16-6-2-3-8-20(16)30-18-11-9-17(10-12-18)29-24(21-13-14-22(26)32-21)23(28-25(29)31)19-7-4-5-15-27-19/h2-15,23-24H,1H3,(H,28,31). The molecule has 160 valence electrons. The molecular weight excluding hydrogens is 502 g/mol. The molecule has 0 radical (unpaired) electrons. The van der Waals surface area contributed by atoms with Gasteiger partial charge in [-0.25, -0.2) is 0 Å². The van der Waals surface area contributed by atoms with Crippen LogP contribution in [-0.2, 0) is 0 Å². The number of nitrogens with one attached hydrogen (secondary N) is 1. The van der Waals surface area contributed by atoms with E-state index in [1.165, 1.54) is 4.88 Å². The van der Waals surface area contributed by atoms with Crippen LogP contribution in [0, 0.1) is 6.92 Å². The van der Waals surface area contributed by atoms with Gasteiger partial charge < -0.3 is 15.0 Å². The minimum absolute atomic E-state index is 0.00293. The Balaban J connectivity index is 1.48. The van der Waals surface area contributed by atoms with E-state index in [0.29, 0.717) is 5.11 Å². The summed E-state index contributed by atoms with van der Waals surface area (Å²) in [5.41, 5.74) is 3.07. The van der Waals surface area contributed by atoms with Crippen LogP contribution in [0.5, 0.6) is 11.5 Å². The SMILES string of the molecule is Cc1ccccc1Oc1ccc(N2C(=S)NC(c3ccccn3)C2c2ccc(Br)s2)cc1. The predicted octanol–water partition coefficient (Wildman–Crippen LogP) is 7.18. The van der Waals surface area contributed by atoms with Gasteiger partial charge >= 0.3 is 0 Å². The van der Waals surface area contributed by atoms with Crippen LogP contribution in [0.2, 0.25) is 0 Å². The van der Waals surface area contributed by atoms with Crippen molar-refractivity contribution < 1.29 is 4.74 Å². The molecule has 0 bridgehead atoms. The number of nitrogens with zero attached hydrogens (tertiary/aromatic N) is 2. The highest BCUT2D eigenvalue weighted by Gasteiger charge is 2.41. The Morgan fingerprint density at radius 3 is 2.47 bits per heavy atom. The fraction of sp³-hybridized carbons (Fsp3) is 0.120. The van der Waals surface area contributed by atoms with Crippen molar-refractivity contribution in [3.8, 4) is 11.5 Å². The molecule has 4 aromatic rings. The monoisotopic (exact) mass is 521 g/mol. The third-order valence-electron chi connectivity index (χ3n) is 5.42. The highest BCUT2D eigenvalue weighted by Crippen LogP contribution is 2.44. The van der Waals surface area contributed by atoms with Gasteiger partial charge in [-0.2, -0.15) is 0 Å². The third kappa shape index (κ3) is 4.16. The second-order valence-corrected chi connectivity index (χ2v) is 10.4. The van der Waals surface area contributed by atoms with Gasteiger partial charge in [0.1, 0.15) is 11.5 Å². The lowest BCUT2D eigenvalue weighted by Crippen LogP contribution is -2.28. The van der Waals surface area contributed by atoms with Crippen LogP contribution in [0.4, 0.5) is 5.69 Å². The maximum atomic E-state index is 6.08. The largest absolute Gasteiger partial charge is 0.457 e. The first-order valence-corrected chi connectivity index (χ1v) is 12.2. The minimum atomic E-state index is -0.0443. The molecule has 2 atom stereocenters. The normalized spacial score (nSPS) is 17.9. The van der Waals surface area contributed by atoms with Crippen LogP contribution < -0.4 is 15.0 Å². The molecule has 0 spiro atoms. The molecular formula is C25H20BrN3OS2. The second-order valence-electron chi connectivity index (χ2n) is 7.50. The zero-order valence-electron chi connectivity index (χ0n) is 17.2. The number of rotatable bonds is 5. The van der Waals surface area contributed by atoms with Crippen molar-refractivity contribution in [3.05, 3.63) is 105 Å². The Morgan fingerprint density at radius 1 is 1.00 bits per heavy atom. The van der Waals surface area contributed by atoms with E-state index < -0.39 is 0 Å². The summed E-state index contributed by atoms with van der Waals surface area (Å²) < 4.78 is 7.17. The molecule has 0 aliphatic carbocycles. The van der Waals surface area contributed by atoms with E-state index in [1.807, 2.05) is 67.7 Å². The molecule has 3 heterocycles. The summed E-state index contributed by atoms with van der Waals surface area (Å²) in [6.07, 6.45) is 1.82. The van der Waals surface area contributed by atoms with Gasteiger partial charge in [0, 0.05) is 16.8 Å². The Hall–Kier alpha value is -2.74. The summed E-state index contributed by atoms with van der Waals surface area (Å²) in [5.74, 6) is 1.65. The Bertz CT molecular complexity index is 1240. The first kappa shape index (κ1) is 21.1. The summed E-state index contributed by atoms with van der Waals surface area (Å²) in [6.45, 7) is 2.04. The van der Waals surface area contributed by atoms with Gasteiger partial charge in [-0.3, -0.25) is 4.98 Å². The number of hydrogen-bond donors (Lipinski definition) is 1. The smallest absolute Gasteiger partial charge is 0.174 e. The fourth-order valence-corrected chi connectivity index (χ4v) is 5.78. The van der Waals surface area contributed by atoms with Crippen LogP contribution in [0.1, 0.15) is 28.2 Å². The lowest BCUT2D eigenvalue weighted by atomic mass is 10.0. The van der Waals surface area contributed by atoms with Crippen LogP contribution in [-0.4, -0.2) is 10.1 Å². The number of thiophene rings is 1. The summed E-state index contributed by atoms with van der Waals surface area (Å²) in [4.78, 5) is 7.98. The predicted molar refractivity (Wildman–Crippen MR) is 138 cm³/mol. The number of aromatic nitrogens is 1. The summed E-state index contributed by atoms with van der Waals surface area (Å²) in [6, 6.07) is 26.2. The molecule has 0 amide bonds. The van der Waals surface area contributed by atoms with E-state index in [0.717, 1.165) is 32.2 Å². The molecule has 0 saturated carbocycles. The number of anilines is 1. The molecule has 1 N–H and O–H groups in total. The first-order chi connectivity index (χ1) is 15.6. The molecule has 4 nitrogen and oxygen atoms in total. The molecule has 2 aromatic heterocycles. The lowest BCUT2D eigenvalue weighted by molar-refractivity contribution is 0.479. The summed E-state index contributed by atoms with van der Waals surface area (Å²) in [5, 5.41) is 4.18. The summed E-state index contributed by atoms with van der Waals surface area (Å²) >= 11 is 11.1. The number of para-hydroxylation sites is 1. The summed E-state index contributed by atoms with van der Waals surface area (Å²) in [7, 11) is 0. The molecule has 5 rings (SSSR count). The minimum Gasteiger partial charge on any atom is -0.457 e. The van der Waals surface area contributed by atoms with Crippen molar-refractivity contribution in [3.63, 3.8) is 0 Å². The maximum Gasteiger partial charge on any atom is 0.174 e. The van der Waals surface area contributed by atoms with Crippen molar-refractivity contribution in [1.29, 1.82) is 0 Å². The first-order valence-electron chi connectivity index (χ1n) is 10.2. The highest BCUT2D eigenvalue weighted by atomic mass is 79.9. The third-order valence-corrected chi connectivity index (χ3v) is 7.43. The number of aryl methyl sites for hydroxylation is 1. The fourth-order valence-electron chi connectivity index (χ4n) is 3.88. The van der Waals surface area contributed by atoms with Crippen molar-refractivity contribution >= 4 is 50.3 Å². The lowest BCUT2D eigenvalue weighted by Gasteiger charge is -2.27. The molecule has 32 heavy (non-hydrogen) atoms. The van der Waals surface area contributed by atoms with E-state index in [2.05, 4.69) is 55.4 Å². The molecule has 1 fully saturated rings. The zero-order valence-corrected chi connectivity index (χ0v) is 20.5. The number of thiocarbonyl (C=S) groups is 1. The second kappa shape index (κ2) is 9.02. The van der Waals surface area contributed by atoms with Gasteiger partial charge in [0.05, 0.1) is 21.6 Å². The number of benzene rings is 2. The quantitative estimate of drug-likeness (QED) is 0.281. The molecule has 1 aliphatic rings. The van der Waals surface area contributed by atoms with Crippen molar-refractivity contribution in [1.82, 2.24) is 10.3 Å². The molecule has 2 unspecified atom stereocenters. The van der Waals surface area contributed by atoms with Crippen molar-refractivity contribution in [2.45, 2.75) is 19.0 Å². The van der Waals surface area contributed by atoms with Gasteiger partial charge in [0.25, 0.3) is 0 Å². The molecule has 1 aliphatic heterocycles. The van der Waals surface area contributed by atoms with Crippen LogP contribution >= 0.6 is 39.5 Å². The molecule has 2 aromatic carbocycles. The van der Waals surface area contributed by atoms with Crippen LogP contribution in [0.25, 0.3) is 0 Å². The molecule has 7 heteroatoms. The number of pyridine rings is 1. The van der Waals surface area contributed by atoms with Gasteiger partial charge in [-0.15, -0.1) is 11.3 Å². The van der Waals surface area contributed by atoms with Crippen LogP contribution in [0.15, 0.2) is 88.8 Å². The van der Waals surface area contributed by atoms with E-state index in [1.54, 1.807) is 11.3 Å². The molecule has 1 saturated heterocycles. The number of ether oxygens (including phenoxy) is 1. The highest BCUT2D eigenvalue weighted by molar-refractivity contribution is 9.11. The van der Waals surface area contributed by atoms with Crippen molar-refractivity contribution in [2.75, 3.05) is 4.90 Å². The van der Waals surface area contributed by atoms with Crippen LogP contribution in [0.3, 0.4) is 0 Å². The van der Waals surface area contributed by atoms with E-state index in [9.17, 15) is 0 Å². The topological polar surface area (TPSA) is 37.4 Å². The zero-order chi connectivity index (χ0) is 22.1. The Labute approximate surface area is 205 Å². The van der Waals surface area contributed by atoms with Gasteiger partial charge in [-0.05, 0) is 95.2 Å². The van der Waals surface area contributed by atoms with Crippen molar-refractivity contribution in [2.24, 2.45) is 0 Å². The average molecular weight is 522 g/mol. The Morgan fingerprint density at radius 2 is 1.78 bits per heavy atom.